The lowest BCUT2D eigenvalue weighted by Crippen LogP contribution is -2.43. The number of hydrogen-bond acceptors (Lipinski definition) is 4. The number of benzene rings is 2. The largest absolute Gasteiger partial charge is 0.496 e. The molecule has 1 aliphatic heterocycles. The van der Waals surface area contributed by atoms with Gasteiger partial charge in [0.2, 0.25) is 0 Å². The molecule has 0 aliphatic carbocycles. The van der Waals surface area contributed by atoms with E-state index in [1.165, 1.54) is 42.3 Å². The number of ether oxygens (including phenoxy) is 1. The van der Waals surface area contributed by atoms with Crippen LogP contribution in [0.5, 0.6) is 5.75 Å². The SMILES string of the molecule is COc1ccc(S(=O)(=O)n2cc(C(F)F)c3ccc(Br)cc32)cc1C1CCN(C(=O)C(Cl)(Cl)Cl)CC1. The van der Waals surface area contributed by atoms with Crippen molar-refractivity contribution in [2.24, 2.45) is 0 Å². The molecule has 4 rings (SSSR count). The van der Waals surface area contributed by atoms with Crippen LogP contribution in [0.15, 0.2) is 52.0 Å². The van der Waals surface area contributed by atoms with Crippen LogP contribution in [0.2, 0.25) is 0 Å². The van der Waals surface area contributed by atoms with Gasteiger partial charge in [0.25, 0.3) is 26.1 Å². The smallest absolute Gasteiger partial charge is 0.274 e. The molecule has 1 fully saturated rings. The second-order valence-corrected chi connectivity index (χ2v) is 13.3. The van der Waals surface area contributed by atoms with Gasteiger partial charge < -0.3 is 9.64 Å². The molecule has 1 aliphatic rings. The number of alkyl halides is 5. The van der Waals surface area contributed by atoms with Gasteiger partial charge in [-0.25, -0.2) is 21.2 Å². The highest BCUT2D eigenvalue weighted by molar-refractivity contribution is 9.10. The van der Waals surface area contributed by atoms with Crippen molar-refractivity contribution >= 4 is 77.6 Å². The van der Waals surface area contributed by atoms with E-state index in [1.54, 1.807) is 6.07 Å². The highest BCUT2D eigenvalue weighted by atomic mass is 79.9. The monoisotopic (exact) mass is 642 g/mol. The van der Waals surface area contributed by atoms with Crippen molar-refractivity contribution in [3.8, 4) is 5.75 Å². The minimum Gasteiger partial charge on any atom is -0.496 e. The van der Waals surface area contributed by atoms with E-state index in [0.29, 0.717) is 41.7 Å². The molecule has 13 heteroatoms. The molecule has 0 N–H and O–H groups in total. The third-order valence-corrected chi connectivity index (χ3v) is 8.87. The molecule has 36 heavy (non-hydrogen) atoms. The Hall–Kier alpha value is -1.59. The second-order valence-electron chi connectivity index (χ2n) is 8.32. The van der Waals surface area contributed by atoms with Crippen LogP contribution in [0, 0.1) is 0 Å². The van der Waals surface area contributed by atoms with Gasteiger partial charge in [0.1, 0.15) is 5.75 Å². The van der Waals surface area contributed by atoms with Crippen LogP contribution >= 0.6 is 50.7 Å². The first-order valence-corrected chi connectivity index (χ1v) is 14.1. The Morgan fingerprint density at radius 3 is 2.39 bits per heavy atom. The van der Waals surface area contributed by atoms with E-state index in [4.69, 9.17) is 39.5 Å². The summed E-state index contributed by atoms with van der Waals surface area (Å²) in [4.78, 5) is 13.7. The molecule has 0 spiro atoms. The number of fused-ring (bicyclic) bond motifs is 1. The molecular weight excluding hydrogens is 625 g/mol. The summed E-state index contributed by atoms with van der Waals surface area (Å²) >= 11 is 20.4. The summed E-state index contributed by atoms with van der Waals surface area (Å²) in [6, 6.07) is 8.94. The molecule has 1 saturated heterocycles. The van der Waals surface area contributed by atoms with Crippen molar-refractivity contribution in [2.45, 2.75) is 33.9 Å². The van der Waals surface area contributed by atoms with E-state index in [9.17, 15) is 22.0 Å². The zero-order valence-corrected chi connectivity index (χ0v) is 23.4. The van der Waals surface area contributed by atoms with Gasteiger partial charge in [-0.3, -0.25) is 4.79 Å². The fraction of sp³-hybridized carbons (Fsp3) is 0.348. The number of methoxy groups -OCH3 is 1. The number of hydrogen-bond donors (Lipinski definition) is 0. The molecular formula is C23H20BrCl3F2N2O4S. The van der Waals surface area contributed by atoms with Crippen molar-refractivity contribution in [1.82, 2.24) is 8.87 Å². The van der Waals surface area contributed by atoms with Crippen molar-refractivity contribution in [2.75, 3.05) is 20.2 Å². The Kier molecular flexibility index (Phi) is 7.84. The Morgan fingerprint density at radius 1 is 1.14 bits per heavy atom. The van der Waals surface area contributed by atoms with Crippen LogP contribution in [-0.2, 0) is 14.8 Å². The third-order valence-electron chi connectivity index (χ3n) is 6.22. The van der Waals surface area contributed by atoms with E-state index < -0.39 is 26.1 Å². The number of amides is 1. The topological polar surface area (TPSA) is 68.6 Å². The van der Waals surface area contributed by atoms with Gasteiger partial charge >= 0.3 is 0 Å². The first kappa shape index (κ1) is 27.4. The second kappa shape index (κ2) is 10.3. The molecule has 0 saturated carbocycles. The molecule has 2 heterocycles. The zero-order valence-electron chi connectivity index (χ0n) is 18.7. The lowest BCUT2D eigenvalue weighted by atomic mass is 9.89. The van der Waals surface area contributed by atoms with Gasteiger partial charge in [-0.1, -0.05) is 56.8 Å². The fourth-order valence-electron chi connectivity index (χ4n) is 4.45. The van der Waals surface area contributed by atoms with Crippen LogP contribution in [0.25, 0.3) is 10.9 Å². The van der Waals surface area contributed by atoms with E-state index in [-0.39, 0.29) is 27.3 Å². The molecule has 3 aromatic rings. The number of aromatic nitrogens is 1. The van der Waals surface area contributed by atoms with Crippen LogP contribution in [0.4, 0.5) is 8.78 Å². The quantitative estimate of drug-likeness (QED) is 0.292. The maximum Gasteiger partial charge on any atom is 0.274 e. The van der Waals surface area contributed by atoms with Gasteiger partial charge in [-0.15, -0.1) is 0 Å². The number of piperidine rings is 1. The van der Waals surface area contributed by atoms with E-state index in [0.717, 1.165) is 10.2 Å². The van der Waals surface area contributed by atoms with Gasteiger partial charge in [0, 0.05) is 34.7 Å². The summed E-state index contributed by atoms with van der Waals surface area (Å²) in [6.07, 6.45) is -0.915. The summed E-state index contributed by atoms with van der Waals surface area (Å²) in [7, 11) is -2.76. The van der Waals surface area contributed by atoms with Gasteiger partial charge in [-0.2, -0.15) is 0 Å². The van der Waals surface area contributed by atoms with Crippen molar-refractivity contribution in [3.05, 3.63) is 58.2 Å². The summed E-state index contributed by atoms with van der Waals surface area (Å²) < 4.78 is 59.5. The predicted molar refractivity (Wildman–Crippen MR) is 139 cm³/mol. The number of carbonyl (C=O) groups is 1. The van der Waals surface area contributed by atoms with E-state index in [1.807, 2.05) is 0 Å². The van der Waals surface area contributed by atoms with Crippen molar-refractivity contribution < 1.29 is 26.7 Å². The minimum atomic E-state index is -4.23. The Bertz CT molecular complexity index is 1420. The highest BCUT2D eigenvalue weighted by Gasteiger charge is 2.37. The van der Waals surface area contributed by atoms with Gasteiger partial charge in [0.15, 0.2) is 0 Å². The predicted octanol–water partition coefficient (Wildman–Crippen LogP) is 6.66. The Balaban J connectivity index is 1.72. The maximum absolute atomic E-state index is 13.7. The summed E-state index contributed by atoms with van der Waals surface area (Å²) in [5.74, 6) is -0.273. The summed E-state index contributed by atoms with van der Waals surface area (Å²) in [6.45, 7) is 0.622. The highest BCUT2D eigenvalue weighted by Crippen LogP contribution is 2.39. The maximum atomic E-state index is 13.7. The molecule has 0 unspecified atom stereocenters. The number of likely N-dealkylation sites (tertiary alicyclic amines) is 1. The van der Waals surface area contributed by atoms with Gasteiger partial charge in [-0.05, 0) is 54.7 Å². The Labute approximate surface area is 230 Å². The third kappa shape index (κ3) is 5.20. The minimum absolute atomic E-state index is 0.0733. The average Bonchev–Trinajstić information content (AvgIpc) is 3.22. The van der Waals surface area contributed by atoms with E-state index >= 15 is 0 Å². The number of carbonyl (C=O) groups excluding carboxylic acids is 1. The van der Waals surface area contributed by atoms with Crippen molar-refractivity contribution in [3.63, 3.8) is 0 Å². The first-order valence-electron chi connectivity index (χ1n) is 10.7. The van der Waals surface area contributed by atoms with E-state index in [2.05, 4.69) is 15.9 Å². The van der Waals surface area contributed by atoms with Gasteiger partial charge in [0.05, 0.1) is 17.5 Å². The lowest BCUT2D eigenvalue weighted by Gasteiger charge is -2.34. The number of nitrogens with zero attached hydrogens (tertiary/aromatic N) is 2. The number of halogens is 6. The molecule has 0 atom stereocenters. The normalized spacial score (nSPS) is 15.6. The van der Waals surface area contributed by atoms with Crippen LogP contribution < -0.4 is 4.74 Å². The molecule has 6 nitrogen and oxygen atoms in total. The fourth-order valence-corrected chi connectivity index (χ4v) is 6.56. The molecule has 1 amide bonds. The first-order chi connectivity index (χ1) is 16.8. The Morgan fingerprint density at radius 2 is 1.81 bits per heavy atom. The summed E-state index contributed by atoms with van der Waals surface area (Å²) in [5, 5.41) is 0.150. The zero-order chi connectivity index (χ0) is 26.4. The molecule has 2 aromatic carbocycles. The van der Waals surface area contributed by atoms with Crippen LogP contribution in [0.3, 0.4) is 0 Å². The lowest BCUT2D eigenvalue weighted by molar-refractivity contribution is -0.131. The molecule has 194 valence electrons. The molecule has 0 radical (unpaired) electrons. The number of rotatable bonds is 5. The molecule has 0 bridgehead atoms. The van der Waals surface area contributed by atoms with Crippen LogP contribution in [-0.4, -0.2) is 47.2 Å². The summed E-state index contributed by atoms with van der Waals surface area (Å²) in [5.41, 5.74) is 0.391. The van der Waals surface area contributed by atoms with Crippen molar-refractivity contribution in [1.29, 1.82) is 0 Å². The standard InChI is InChI=1S/C23H20BrCl3F2N2O4S/c1-35-20-5-3-15(11-17(20)13-6-8-30(9-7-13)22(32)23(25,26)27)36(33,34)31-12-18(21(28)29)16-4-2-14(24)10-19(16)31/h2-5,10-13,21H,6-9H2,1H3. The average molecular weight is 645 g/mol. The molecule has 1 aromatic heterocycles. The van der Waals surface area contributed by atoms with Crippen LogP contribution in [0.1, 0.15) is 36.3 Å².